The van der Waals surface area contributed by atoms with E-state index >= 15 is 0 Å². The number of hydroxylamine groups is 1. The van der Waals surface area contributed by atoms with Gasteiger partial charge in [0.25, 0.3) is 11.8 Å². The number of nitrogens with one attached hydrogen (secondary N) is 1. The van der Waals surface area contributed by atoms with E-state index in [4.69, 9.17) is 9.57 Å². The fourth-order valence-electron chi connectivity index (χ4n) is 3.68. The maximum atomic E-state index is 13.5. The van der Waals surface area contributed by atoms with Crippen molar-refractivity contribution in [3.63, 3.8) is 0 Å². The molecule has 0 radical (unpaired) electrons. The molecule has 0 spiro atoms. The normalized spacial score (nSPS) is 15.3. The number of benzene rings is 3. The molecule has 0 aromatic heterocycles. The molecule has 1 aliphatic rings. The monoisotopic (exact) mass is 462 g/mol. The van der Waals surface area contributed by atoms with E-state index in [9.17, 15) is 9.59 Å². The van der Waals surface area contributed by atoms with E-state index in [1.54, 1.807) is 11.0 Å². The van der Waals surface area contributed by atoms with Crippen LogP contribution in [0.15, 0.2) is 78.9 Å². The van der Waals surface area contributed by atoms with Gasteiger partial charge < -0.3 is 9.64 Å². The molecule has 1 heterocycles. The first-order chi connectivity index (χ1) is 16.2. The highest BCUT2D eigenvalue weighted by Crippen LogP contribution is 2.31. The molecule has 3 aromatic carbocycles. The second-order valence-corrected chi connectivity index (χ2v) is 8.65. The van der Waals surface area contributed by atoms with Crippen LogP contribution in [0.2, 0.25) is 0 Å². The summed E-state index contributed by atoms with van der Waals surface area (Å²) in [5.41, 5.74) is 5.76. The third-order valence-corrected chi connectivity index (χ3v) is 6.47. The molecule has 1 aliphatic heterocycles. The number of hydrogen-bond donors (Lipinski definition) is 1. The summed E-state index contributed by atoms with van der Waals surface area (Å²) in [6.45, 7) is 3.30. The Bertz CT molecular complexity index is 1090. The van der Waals surface area contributed by atoms with Crippen molar-refractivity contribution in [2.24, 2.45) is 0 Å². The molecule has 0 bridgehead atoms. The van der Waals surface area contributed by atoms with Crippen LogP contribution in [0.1, 0.15) is 22.8 Å². The Balaban J connectivity index is 1.46. The number of hydrogen-bond acceptors (Lipinski definition) is 5. The van der Waals surface area contributed by atoms with Gasteiger partial charge in [0.1, 0.15) is 5.75 Å². The largest absolute Gasteiger partial charge is 0.494 e. The number of carbonyl (C=O) groups is 2. The molecule has 33 heavy (non-hydrogen) atoms. The minimum atomic E-state index is -0.637. The smallest absolute Gasteiger partial charge is 0.276 e. The van der Waals surface area contributed by atoms with E-state index in [0.717, 1.165) is 22.4 Å². The molecule has 6 nitrogen and oxygen atoms in total. The number of nitrogens with zero attached hydrogens (tertiary/aromatic N) is 1. The van der Waals surface area contributed by atoms with Gasteiger partial charge >= 0.3 is 0 Å². The molecule has 0 saturated carbocycles. The highest BCUT2D eigenvalue weighted by molar-refractivity contribution is 8.00. The van der Waals surface area contributed by atoms with Gasteiger partial charge in [-0.2, -0.15) is 0 Å². The SMILES string of the molecule is CCOc1ccc(-c2ccccc2C(=O)N2CCSC2C(=O)NOCc2ccccc2)cc1. The lowest BCUT2D eigenvalue weighted by Gasteiger charge is -2.24. The average Bonchev–Trinajstić information content (AvgIpc) is 3.35. The van der Waals surface area contributed by atoms with Crippen LogP contribution in [0.4, 0.5) is 0 Å². The Morgan fingerprint density at radius 2 is 1.73 bits per heavy atom. The lowest BCUT2D eigenvalue weighted by molar-refractivity contribution is -0.136. The second-order valence-electron chi connectivity index (χ2n) is 7.47. The Morgan fingerprint density at radius 1 is 1.00 bits per heavy atom. The number of ether oxygens (including phenoxy) is 1. The van der Waals surface area contributed by atoms with Crippen LogP contribution >= 0.6 is 11.8 Å². The highest BCUT2D eigenvalue weighted by Gasteiger charge is 2.36. The van der Waals surface area contributed by atoms with Gasteiger partial charge in [-0.1, -0.05) is 60.7 Å². The maximum Gasteiger partial charge on any atom is 0.276 e. The van der Waals surface area contributed by atoms with Gasteiger partial charge in [0.15, 0.2) is 5.37 Å². The van der Waals surface area contributed by atoms with Crippen LogP contribution < -0.4 is 10.2 Å². The summed E-state index contributed by atoms with van der Waals surface area (Å²) in [4.78, 5) is 33.3. The molecule has 2 amide bonds. The van der Waals surface area contributed by atoms with Crippen LogP contribution in [0.3, 0.4) is 0 Å². The van der Waals surface area contributed by atoms with Gasteiger partial charge in [-0.3, -0.25) is 14.4 Å². The van der Waals surface area contributed by atoms with Crippen molar-refractivity contribution in [1.29, 1.82) is 0 Å². The quantitative estimate of drug-likeness (QED) is 0.499. The van der Waals surface area contributed by atoms with Crippen molar-refractivity contribution in [3.8, 4) is 16.9 Å². The Kier molecular flexibility index (Phi) is 7.65. The van der Waals surface area contributed by atoms with Gasteiger partial charge in [-0.05, 0) is 41.8 Å². The van der Waals surface area contributed by atoms with Crippen molar-refractivity contribution in [2.75, 3.05) is 18.9 Å². The third kappa shape index (κ3) is 5.56. The summed E-state index contributed by atoms with van der Waals surface area (Å²) >= 11 is 1.43. The first-order valence-electron chi connectivity index (χ1n) is 10.9. The second kappa shape index (κ2) is 11.0. The first-order valence-corrected chi connectivity index (χ1v) is 11.9. The molecule has 1 atom stereocenters. The predicted octanol–water partition coefficient (Wildman–Crippen LogP) is 4.52. The van der Waals surface area contributed by atoms with Gasteiger partial charge in [-0.15, -0.1) is 11.8 Å². The molecule has 170 valence electrons. The van der Waals surface area contributed by atoms with Gasteiger partial charge in [0.2, 0.25) is 0 Å². The molecule has 3 aromatic rings. The average molecular weight is 463 g/mol. The summed E-state index contributed by atoms with van der Waals surface area (Å²) in [6, 6.07) is 24.7. The van der Waals surface area contributed by atoms with Crippen LogP contribution in [0.25, 0.3) is 11.1 Å². The Labute approximate surface area is 197 Å². The minimum absolute atomic E-state index is 0.173. The zero-order valence-electron chi connectivity index (χ0n) is 18.4. The fraction of sp³-hybridized carbons (Fsp3) is 0.231. The standard InChI is InChI=1S/C26H26N2O4S/c1-2-31-21-14-12-20(13-15-21)22-10-6-7-11-23(22)25(30)28-16-17-33-26(28)24(29)27-32-18-19-8-4-3-5-9-19/h3-15,26H,2,16-18H2,1H3,(H,27,29). The van der Waals surface area contributed by atoms with Crippen molar-refractivity contribution < 1.29 is 19.2 Å². The number of amides is 2. The van der Waals surface area contributed by atoms with Crippen LogP contribution in [0, 0.1) is 0 Å². The van der Waals surface area contributed by atoms with Gasteiger partial charge in [0.05, 0.1) is 13.2 Å². The minimum Gasteiger partial charge on any atom is -0.494 e. The lowest BCUT2D eigenvalue weighted by atomic mass is 9.98. The van der Waals surface area contributed by atoms with Crippen LogP contribution in [0.5, 0.6) is 5.75 Å². The molecule has 1 fully saturated rings. The molecule has 4 rings (SSSR count). The molecular formula is C26H26N2O4S. The molecule has 1 unspecified atom stereocenters. The summed E-state index contributed by atoms with van der Waals surface area (Å²) in [5, 5.41) is -0.637. The van der Waals surface area contributed by atoms with Gasteiger partial charge in [-0.25, -0.2) is 5.48 Å². The summed E-state index contributed by atoms with van der Waals surface area (Å²) in [5.74, 6) is 0.967. The number of thioether (sulfide) groups is 1. The van der Waals surface area contributed by atoms with E-state index in [1.807, 2.05) is 79.7 Å². The predicted molar refractivity (Wildman–Crippen MR) is 130 cm³/mol. The molecule has 0 aliphatic carbocycles. The molecule has 1 saturated heterocycles. The molecule has 7 heteroatoms. The summed E-state index contributed by atoms with van der Waals surface area (Å²) in [7, 11) is 0. The molecular weight excluding hydrogens is 436 g/mol. The van der Waals surface area contributed by atoms with Crippen LogP contribution in [-0.4, -0.2) is 41.0 Å². The zero-order chi connectivity index (χ0) is 23.0. The summed E-state index contributed by atoms with van der Waals surface area (Å²) < 4.78 is 5.52. The van der Waals surface area contributed by atoms with E-state index in [0.29, 0.717) is 24.5 Å². The number of carbonyl (C=O) groups excluding carboxylic acids is 2. The molecule has 1 N–H and O–H groups in total. The maximum absolute atomic E-state index is 13.5. The van der Waals surface area contributed by atoms with E-state index in [-0.39, 0.29) is 18.4 Å². The Morgan fingerprint density at radius 3 is 2.48 bits per heavy atom. The van der Waals surface area contributed by atoms with Crippen molar-refractivity contribution in [3.05, 3.63) is 90.0 Å². The highest BCUT2D eigenvalue weighted by atomic mass is 32.2. The topological polar surface area (TPSA) is 67.9 Å². The van der Waals surface area contributed by atoms with E-state index in [1.165, 1.54) is 11.8 Å². The van der Waals surface area contributed by atoms with E-state index < -0.39 is 5.37 Å². The Hall–Kier alpha value is -3.29. The third-order valence-electron chi connectivity index (χ3n) is 5.26. The van der Waals surface area contributed by atoms with Crippen LogP contribution in [-0.2, 0) is 16.2 Å². The van der Waals surface area contributed by atoms with Crippen molar-refractivity contribution in [1.82, 2.24) is 10.4 Å². The van der Waals surface area contributed by atoms with E-state index in [2.05, 4.69) is 5.48 Å². The summed E-state index contributed by atoms with van der Waals surface area (Å²) in [6.07, 6.45) is 0. The first kappa shape index (κ1) is 22.9. The number of rotatable bonds is 8. The fourth-order valence-corrected chi connectivity index (χ4v) is 4.79. The van der Waals surface area contributed by atoms with Crippen molar-refractivity contribution in [2.45, 2.75) is 18.9 Å². The van der Waals surface area contributed by atoms with Crippen molar-refractivity contribution >= 4 is 23.6 Å². The van der Waals surface area contributed by atoms with Gasteiger partial charge in [0, 0.05) is 17.9 Å². The lowest BCUT2D eigenvalue weighted by Crippen LogP contribution is -2.44. The zero-order valence-corrected chi connectivity index (χ0v) is 19.2.